The summed E-state index contributed by atoms with van der Waals surface area (Å²) >= 11 is 0. The third-order valence-corrected chi connectivity index (χ3v) is 2.12. The van der Waals surface area contributed by atoms with E-state index in [-0.39, 0.29) is 0 Å². The molecule has 0 bridgehead atoms. The van der Waals surface area contributed by atoms with Gasteiger partial charge in [-0.15, -0.1) is 0 Å². The molecule has 0 saturated heterocycles. The van der Waals surface area contributed by atoms with E-state index in [2.05, 4.69) is 9.98 Å². The molecule has 3 nitrogen and oxygen atoms in total. The van der Waals surface area contributed by atoms with Crippen molar-refractivity contribution in [3.63, 3.8) is 0 Å². The number of allylic oxidation sites excluding steroid dienone is 5. The summed E-state index contributed by atoms with van der Waals surface area (Å²) < 4.78 is 0. The van der Waals surface area contributed by atoms with Crippen molar-refractivity contribution in [2.45, 2.75) is 0 Å². The molecule has 0 aromatic heterocycles. The van der Waals surface area contributed by atoms with E-state index in [0.717, 1.165) is 17.4 Å². The number of hydrogen-bond acceptors (Lipinski definition) is 3. The normalized spacial score (nSPS) is 22.2. The van der Waals surface area contributed by atoms with E-state index in [4.69, 9.17) is 0 Å². The van der Waals surface area contributed by atoms with Crippen LogP contribution in [0.25, 0.3) is 0 Å². The molecule has 3 heteroatoms. The fraction of sp³-hybridized carbons (Fsp3) is 0. The van der Waals surface area contributed by atoms with Gasteiger partial charge in [-0.3, -0.25) is 4.90 Å². The lowest BCUT2D eigenvalue weighted by Crippen LogP contribution is -2.31. The van der Waals surface area contributed by atoms with Gasteiger partial charge in [-0.25, -0.2) is 9.98 Å². The topological polar surface area (TPSA) is 28.0 Å². The van der Waals surface area contributed by atoms with Gasteiger partial charge >= 0.3 is 0 Å². The van der Waals surface area contributed by atoms with Crippen molar-refractivity contribution < 1.29 is 0 Å². The van der Waals surface area contributed by atoms with Crippen LogP contribution < -0.4 is 0 Å². The smallest absolute Gasteiger partial charge is 0.140 e. The van der Waals surface area contributed by atoms with E-state index in [0.29, 0.717) is 0 Å². The number of rotatable bonds is 0. The Morgan fingerprint density at radius 1 is 1.08 bits per heavy atom. The number of hydrogen-bond donors (Lipinski definition) is 0. The predicted octanol–water partition coefficient (Wildman–Crippen LogP) is 1.59. The quantitative estimate of drug-likeness (QED) is 0.541. The molecule has 3 aliphatic rings. The summed E-state index contributed by atoms with van der Waals surface area (Å²) in [5.41, 5.74) is 1.12. The summed E-state index contributed by atoms with van der Waals surface area (Å²) in [5.74, 6) is 1.87. The zero-order valence-electron chi connectivity index (χ0n) is 6.88. The van der Waals surface area contributed by atoms with Crippen LogP contribution in [0.1, 0.15) is 0 Å². The Bertz CT molecular complexity index is 367. The maximum atomic E-state index is 4.18. The van der Waals surface area contributed by atoms with Gasteiger partial charge in [-0.2, -0.15) is 0 Å². The van der Waals surface area contributed by atoms with Crippen molar-refractivity contribution in [2.24, 2.45) is 9.98 Å². The first-order valence-corrected chi connectivity index (χ1v) is 4.12. The summed E-state index contributed by atoms with van der Waals surface area (Å²) in [6.07, 6.45) is 13.6. The fourth-order valence-electron chi connectivity index (χ4n) is 1.55. The van der Waals surface area contributed by atoms with Crippen LogP contribution in [-0.4, -0.2) is 17.1 Å². The lowest BCUT2D eigenvalue weighted by Gasteiger charge is -2.30. The molecular weight excluding hydrogens is 162 g/mol. The maximum absolute atomic E-state index is 4.18. The van der Waals surface area contributed by atoms with Crippen LogP contribution in [0.15, 0.2) is 58.0 Å². The molecule has 13 heavy (non-hydrogen) atoms. The molecule has 3 heterocycles. The Morgan fingerprint density at radius 2 is 2.00 bits per heavy atom. The first-order chi connectivity index (χ1) is 6.45. The van der Waals surface area contributed by atoms with Crippen molar-refractivity contribution >= 4 is 12.2 Å². The average molecular weight is 169 g/mol. The summed E-state index contributed by atoms with van der Waals surface area (Å²) in [4.78, 5) is 10.4. The second kappa shape index (κ2) is 2.29. The lowest BCUT2D eigenvalue weighted by atomic mass is 10.1. The van der Waals surface area contributed by atoms with Gasteiger partial charge in [0, 0.05) is 5.70 Å². The summed E-state index contributed by atoms with van der Waals surface area (Å²) in [6.45, 7) is 0. The monoisotopic (exact) mass is 169 g/mol. The van der Waals surface area contributed by atoms with E-state index in [1.165, 1.54) is 0 Å². The minimum absolute atomic E-state index is 0.933. The summed E-state index contributed by atoms with van der Waals surface area (Å²) in [5, 5.41) is 0. The molecule has 0 unspecified atom stereocenters. The van der Waals surface area contributed by atoms with E-state index < -0.39 is 0 Å². The Kier molecular flexibility index (Phi) is 1.16. The van der Waals surface area contributed by atoms with E-state index in [1.54, 1.807) is 6.34 Å². The van der Waals surface area contributed by atoms with Gasteiger partial charge in [0.2, 0.25) is 0 Å². The summed E-state index contributed by atoms with van der Waals surface area (Å²) in [6, 6.07) is 0. The standard InChI is InChI=1S/C10H7N3/c1-3-8-4-2-6-10-12-7-11-9(5-1)13(8)10/h1-7H. The first-order valence-electron chi connectivity index (χ1n) is 4.12. The first kappa shape index (κ1) is 6.60. The van der Waals surface area contributed by atoms with Gasteiger partial charge in [-0.05, 0) is 24.3 Å². The van der Waals surface area contributed by atoms with Crippen LogP contribution in [0, 0.1) is 0 Å². The van der Waals surface area contributed by atoms with Crippen LogP contribution in [0.2, 0.25) is 0 Å². The Hall–Kier alpha value is -1.90. The number of nitrogens with zero attached hydrogens (tertiary/aromatic N) is 3. The molecule has 0 N–H and O–H groups in total. The highest BCUT2D eigenvalue weighted by Gasteiger charge is 2.22. The van der Waals surface area contributed by atoms with Gasteiger partial charge in [0.1, 0.15) is 18.0 Å². The highest BCUT2D eigenvalue weighted by Crippen LogP contribution is 2.25. The molecule has 0 fully saturated rings. The Balaban J connectivity index is 2.23. The highest BCUT2D eigenvalue weighted by molar-refractivity contribution is 6.02. The minimum Gasteiger partial charge on any atom is -0.279 e. The largest absolute Gasteiger partial charge is 0.279 e. The van der Waals surface area contributed by atoms with Gasteiger partial charge in [0.05, 0.1) is 0 Å². The molecule has 3 aliphatic heterocycles. The predicted molar refractivity (Wildman–Crippen MR) is 52.2 cm³/mol. The molecule has 0 saturated carbocycles. The van der Waals surface area contributed by atoms with Crippen LogP contribution in [0.5, 0.6) is 0 Å². The van der Waals surface area contributed by atoms with Crippen LogP contribution in [0.4, 0.5) is 0 Å². The maximum Gasteiger partial charge on any atom is 0.140 e. The van der Waals surface area contributed by atoms with E-state index >= 15 is 0 Å². The van der Waals surface area contributed by atoms with E-state index in [1.807, 2.05) is 41.4 Å². The molecule has 0 amide bonds. The molecule has 0 aromatic carbocycles. The zero-order chi connectivity index (χ0) is 8.67. The zero-order valence-corrected chi connectivity index (χ0v) is 6.88. The minimum atomic E-state index is 0.933. The third kappa shape index (κ3) is 0.839. The van der Waals surface area contributed by atoms with Gasteiger partial charge in [0.15, 0.2) is 0 Å². The summed E-state index contributed by atoms with van der Waals surface area (Å²) in [7, 11) is 0. The lowest BCUT2D eigenvalue weighted by molar-refractivity contribution is 0.629. The molecule has 0 aliphatic carbocycles. The van der Waals surface area contributed by atoms with Gasteiger partial charge in [0.25, 0.3) is 0 Å². The fourth-order valence-corrected chi connectivity index (χ4v) is 1.55. The van der Waals surface area contributed by atoms with Crippen molar-refractivity contribution in [3.05, 3.63) is 48.0 Å². The van der Waals surface area contributed by atoms with E-state index in [9.17, 15) is 0 Å². The Morgan fingerprint density at radius 3 is 3.00 bits per heavy atom. The molecule has 0 spiro atoms. The SMILES string of the molecule is C1=CC2=CC=CC3=NC=NC(=C1)N23. The van der Waals surface area contributed by atoms with Crippen molar-refractivity contribution in [2.75, 3.05) is 0 Å². The molecular formula is C10H7N3. The van der Waals surface area contributed by atoms with Crippen molar-refractivity contribution in [1.29, 1.82) is 0 Å². The van der Waals surface area contributed by atoms with Gasteiger partial charge in [-0.1, -0.05) is 12.2 Å². The molecule has 0 aromatic rings. The van der Waals surface area contributed by atoms with Crippen molar-refractivity contribution in [3.8, 4) is 0 Å². The van der Waals surface area contributed by atoms with Crippen LogP contribution in [0.3, 0.4) is 0 Å². The number of aliphatic imine (C=N–C) groups is 2. The molecule has 62 valence electrons. The second-order valence-corrected chi connectivity index (χ2v) is 2.90. The number of amidine groups is 1. The molecule has 0 atom stereocenters. The Labute approximate surface area is 75.8 Å². The van der Waals surface area contributed by atoms with Crippen LogP contribution >= 0.6 is 0 Å². The average Bonchev–Trinajstić information content (AvgIpc) is 2.19. The van der Waals surface area contributed by atoms with Crippen LogP contribution in [-0.2, 0) is 0 Å². The van der Waals surface area contributed by atoms with Crippen molar-refractivity contribution in [1.82, 2.24) is 4.90 Å². The highest BCUT2D eigenvalue weighted by atomic mass is 15.3. The molecule has 3 rings (SSSR count). The third-order valence-electron chi connectivity index (χ3n) is 2.12. The molecule has 0 radical (unpaired) electrons. The second-order valence-electron chi connectivity index (χ2n) is 2.90. The van der Waals surface area contributed by atoms with Gasteiger partial charge < -0.3 is 0 Å².